The fraction of sp³-hybridized carbons (Fsp3) is 0.381. The van der Waals surface area contributed by atoms with E-state index in [4.69, 9.17) is 0 Å². The molecular weight excluding hydrogens is 413 g/mol. The molecule has 4 rings (SSSR count). The van der Waals surface area contributed by atoms with Crippen LogP contribution in [-0.2, 0) is 6.18 Å². The summed E-state index contributed by atoms with van der Waals surface area (Å²) in [6.45, 7) is 5.77. The summed E-state index contributed by atoms with van der Waals surface area (Å²) in [6, 6.07) is 4.43. The Balaban J connectivity index is 1.68. The van der Waals surface area contributed by atoms with E-state index in [0.29, 0.717) is 22.6 Å². The molecule has 1 N–H and O–H groups in total. The summed E-state index contributed by atoms with van der Waals surface area (Å²) in [5, 5.41) is 3.43. The van der Waals surface area contributed by atoms with E-state index in [1.54, 1.807) is 0 Å². The lowest BCUT2D eigenvalue weighted by atomic mass is 10.00. The van der Waals surface area contributed by atoms with Gasteiger partial charge in [0.15, 0.2) is 0 Å². The SMILES string of the molecule is Cc1sc2ncnc(N3CCCC(C)C3)c2c1C(=O)Nc1ccc(C(F)(F)F)cc1. The molecule has 1 amide bonds. The number of hydrogen-bond donors (Lipinski definition) is 1. The minimum absolute atomic E-state index is 0.303. The quantitative estimate of drug-likeness (QED) is 0.591. The number of carbonyl (C=O) groups is 1. The van der Waals surface area contributed by atoms with Gasteiger partial charge in [-0.15, -0.1) is 11.3 Å². The first-order valence-corrected chi connectivity index (χ1v) is 10.5. The predicted octanol–water partition coefficient (Wildman–Crippen LogP) is 5.51. The van der Waals surface area contributed by atoms with Crippen LogP contribution in [0.3, 0.4) is 0 Å². The first-order chi connectivity index (χ1) is 14.2. The molecule has 0 radical (unpaired) electrons. The molecule has 1 aliphatic heterocycles. The van der Waals surface area contributed by atoms with Crippen LogP contribution in [0.2, 0.25) is 0 Å². The highest BCUT2D eigenvalue weighted by Gasteiger charge is 2.30. The summed E-state index contributed by atoms with van der Waals surface area (Å²) in [4.78, 5) is 25.6. The Morgan fingerprint density at radius 2 is 1.97 bits per heavy atom. The fourth-order valence-electron chi connectivity index (χ4n) is 3.86. The van der Waals surface area contributed by atoms with Crippen LogP contribution in [0.15, 0.2) is 30.6 Å². The smallest absolute Gasteiger partial charge is 0.356 e. The lowest BCUT2D eigenvalue weighted by molar-refractivity contribution is -0.137. The van der Waals surface area contributed by atoms with Crippen LogP contribution in [0.25, 0.3) is 10.2 Å². The van der Waals surface area contributed by atoms with Crippen molar-refractivity contribution >= 4 is 39.0 Å². The number of carbonyl (C=O) groups excluding carboxylic acids is 1. The number of anilines is 2. The van der Waals surface area contributed by atoms with Gasteiger partial charge in [0.25, 0.3) is 5.91 Å². The predicted molar refractivity (Wildman–Crippen MR) is 112 cm³/mol. The lowest BCUT2D eigenvalue weighted by Crippen LogP contribution is -2.35. The van der Waals surface area contributed by atoms with Gasteiger partial charge in [0, 0.05) is 23.7 Å². The van der Waals surface area contributed by atoms with Gasteiger partial charge in [-0.05, 0) is 49.9 Å². The molecule has 3 aromatic rings. The zero-order chi connectivity index (χ0) is 21.5. The third kappa shape index (κ3) is 3.98. The minimum atomic E-state index is -4.42. The molecule has 1 fully saturated rings. The Hall–Kier alpha value is -2.68. The van der Waals surface area contributed by atoms with E-state index in [1.807, 2.05) is 6.92 Å². The highest BCUT2D eigenvalue weighted by Crippen LogP contribution is 2.37. The highest BCUT2D eigenvalue weighted by atomic mass is 32.1. The summed E-state index contributed by atoms with van der Waals surface area (Å²) >= 11 is 1.42. The van der Waals surface area contributed by atoms with Gasteiger partial charge in [-0.1, -0.05) is 6.92 Å². The van der Waals surface area contributed by atoms with E-state index in [1.165, 1.54) is 29.8 Å². The maximum atomic E-state index is 13.1. The van der Waals surface area contributed by atoms with Gasteiger partial charge < -0.3 is 10.2 Å². The average molecular weight is 434 g/mol. The molecule has 0 bridgehead atoms. The standard InChI is InChI=1S/C21H21F3N4OS/c1-12-4-3-9-28(10-12)18-17-16(13(2)30-20(17)26-11-25-18)19(29)27-15-7-5-14(6-8-15)21(22,23)24/h5-8,11-12H,3-4,9-10H2,1-2H3,(H,27,29). The Bertz CT molecular complexity index is 1080. The van der Waals surface area contributed by atoms with Crippen molar-refractivity contribution in [2.75, 3.05) is 23.3 Å². The second-order valence-corrected chi connectivity index (χ2v) is 8.84. The molecule has 158 valence electrons. The van der Waals surface area contributed by atoms with E-state index >= 15 is 0 Å². The normalized spacial score (nSPS) is 17.4. The Morgan fingerprint density at radius 3 is 2.63 bits per heavy atom. The molecule has 3 heterocycles. The van der Waals surface area contributed by atoms with Gasteiger partial charge >= 0.3 is 6.18 Å². The van der Waals surface area contributed by atoms with Crippen LogP contribution in [0, 0.1) is 12.8 Å². The van der Waals surface area contributed by atoms with Crippen LogP contribution in [0.1, 0.15) is 40.6 Å². The molecular formula is C21H21F3N4OS. The Morgan fingerprint density at radius 1 is 1.23 bits per heavy atom. The number of nitrogens with one attached hydrogen (secondary N) is 1. The van der Waals surface area contributed by atoms with Gasteiger partial charge in [0.2, 0.25) is 0 Å². The average Bonchev–Trinajstić information content (AvgIpc) is 3.03. The number of nitrogens with zero attached hydrogens (tertiary/aromatic N) is 3. The minimum Gasteiger partial charge on any atom is -0.356 e. The van der Waals surface area contributed by atoms with Crippen molar-refractivity contribution in [3.63, 3.8) is 0 Å². The topological polar surface area (TPSA) is 58.1 Å². The molecule has 1 unspecified atom stereocenters. The second-order valence-electron chi connectivity index (χ2n) is 7.63. The number of aromatic nitrogens is 2. The van der Waals surface area contributed by atoms with E-state index in [9.17, 15) is 18.0 Å². The molecule has 1 aliphatic rings. The molecule has 1 atom stereocenters. The third-order valence-corrected chi connectivity index (χ3v) is 6.31. The summed E-state index contributed by atoms with van der Waals surface area (Å²) in [6.07, 6.45) is -0.678. The van der Waals surface area contributed by atoms with E-state index in [0.717, 1.165) is 53.6 Å². The molecule has 0 aliphatic carbocycles. The molecule has 30 heavy (non-hydrogen) atoms. The molecule has 1 aromatic carbocycles. The van der Waals surface area contributed by atoms with Crippen molar-refractivity contribution in [2.45, 2.75) is 32.9 Å². The molecule has 1 saturated heterocycles. The summed E-state index contributed by atoms with van der Waals surface area (Å²) in [5.74, 6) is 0.904. The van der Waals surface area contributed by atoms with Crippen molar-refractivity contribution in [3.8, 4) is 0 Å². The number of benzene rings is 1. The number of rotatable bonds is 3. The Kier molecular flexibility index (Phi) is 5.40. The van der Waals surface area contributed by atoms with Crippen LogP contribution >= 0.6 is 11.3 Å². The van der Waals surface area contributed by atoms with Gasteiger partial charge in [0.1, 0.15) is 17.0 Å². The highest BCUT2D eigenvalue weighted by molar-refractivity contribution is 7.19. The third-order valence-electron chi connectivity index (χ3n) is 5.30. The van der Waals surface area contributed by atoms with Crippen molar-refractivity contribution in [3.05, 3.63) is 46.6 Å². The summed E-state index contributed by atoms with van der Waals surface area (Å²) in [5.41, 5.74) is 0.0213. The van der Waals surface area contributed by atoms with E-state index in [-0.39, 0.29) is 5.91 Å². The Labute approximate surface area is 175 Å². The maximum Gasteiger partial charge on any atom is 0.416 e. The molecule has 0 spiro atoms. The first kappa shape index (κ1) is 20.6. The zero-order valence-corrected chi connectivity index (χ0v) is 17.4. The fourth-order valence-corrected chi connectivity index (χ4v) is 4.84. The van der Waals surface area contributed by atoms with Crippen LogP contribution in [-0.4, -0.2) is 29.0 Å². The second kappa shape index (κ2) is 7.86. The van der Waals surface area contributed by atoms with E-state index < -0.39 is 11.7 Å². The van der Waals surface area contributed by atoms with Gasteiger partial charge in [0.05, 0.1) is 16.5 Å². The zero-order valence-electron chi connectivity index (χ0n) is 16.6. The molecule has 2 aromatic heterocycles. The van der Waals surface area contributed by atoms with E-state index in [2.05, 4.69) is 27.1 Å². The van der Waals surface area contributed by atoms with Gasteiger partial charge in [-0.3, -0.25) is 4.79 Å². The van der Waals surface area contributed by atoms with Crippen molar-refractivity contribution < 1.29 is 18.0 Å². The lowest BCUT2D eigenvalue weighted by Gasteiger charge is -2.32. The van der Waals surface area contributed by atoms with Crippen LogP contribution < -0.4 is 10.2 Å². The molecule has 5 nitrogen and oxygen atoms in total. The first-order valence-electron chi connectivity index (χ1n) is 9.71. The summed E-state index contributed by atoms with van der Waals surface area (Å²) in [7, 11) is 0. The number of halogens is 3. The number of thiophene rings is 1. The van der Waals surface area contributed by atoms with Crippen molar-refractivity contribution in [2.24, 2.45) is 5.92 Å². The molecule has 0 saturated carbocycles. The maximum absolute atomic E-state index is 13.1. The van der Waals surface area contributed by atoms with Crippen LogP contribution in [0.5, 0.6) is 0 Å². The number of hydrogen-bond acceptors (Lipinski definition) is 5. The number of fused-ring (bicyclic) bond motifs is 1. The van der Waals surface area contributed by atoms with Gasteiger partial charge in [-0.2, -0.15) is 13.2 Å². The van der Waals surface area contributed by atoms with Crippen molar-refractivity contribution in [1.29, 1.82) is 0 Å². The number of piperidine rings is 1. The largest absolute Gasteiger partial charge is 0.416 e. The van der Waals surface area contributed by atoms with Crippen LogP contribution in [0.4, 0.5) is 24.7 Å². The monoisotopic (exact) mass is 434 g/mol. The number of aryl methyl sites for hydroxylation is 1. The van der Waals surface area contributed by atoms with Gasteiger partial charge in [-0.25, -0.2) is 9.97 Å². The van der Waals surface area contributed by atoms with Crippen molar-refractivity contribution in [1.82, 2.24) is 9.97 Å². The summed E-state index contributed by atoms with van der Waals surface area (Å²) < 4.78 is 38.3. The molecule has 9 heteroatoms. The number of alkyl halides is 3. The number of amides is 1.